The van der Waals surface area contributed by atoms with Crippen LogP contribution in [0.4, 0.5) is 0 Å². The van der Waals surface area contributed by atoms with Crippen LogP contribution in [0.3, 0.4) is 0 Å². The van der Waals surface area contributed by atoms with Crippen molar-refractivity contribution in [1.82, 2.24) is 9.21 Å². The lowest BCUT2D eigenvalue weighted by atomic mass is 9.93. The number of rotatable bonds is 7. The average Bonchev–Trinajstić information content (AvgIpc) is 3.40. The quantitative estimate of drug-likeness (QED) is 0.294. The van der Waals surface area contributed by atoms with Gasteiger partial charge in [-0.15, -0.1) is 11.3 Å². The van der Waals surface area contributed by atoms with Crippen molar-refractivity contribution < 1.29 is 13.2 Å². The number of thiophene rings is 1. The standard InChI is InChI=1S/C29H30Cl2N2O3S2/c30-22-11-12-24(26(31)19-22)29-25-14-17-37-27(25)13-16-32(29)28(34)20-33(23-9-5-2-6-10-23)38(35,36)18-15-21-7-3-1-4-8-21/h1,3-4,7-8,11-12,14-15,17-19,23,29H,2,5-6,9-10,13,16,20H2/b18-15+. The first-order valence-corrected chi connectivity index (χ1v) is 16.0. The third-order valence-corrected chi connectivity index (χ3v) is 10.5. The van der Waals surface area contributed by atoms with Crippen molar-refractivity contribution in [2.45, 2.75) is 50.6 Å². The normalized spacial score (nSPS) is 18.7. The van der Waals surface area contributed by atoms with Crippen molar-refractivity contribution in [1.29, 1.82) is 0 Å². The molecule has 1 atom stereocenters. The topological polar surface area (TPSA) is 57.7 Å². The molecule has 1 aliphatic carbocycles. The van der Waals surface area contributed by atoms with Crippen LogP contribution in [0.15, 0.2) is 65.4 Å². The van der Waals surface area contributed by atoms with Crippen LogP contribution in [0, 0.1) is 0 Å². The van der Waals surface area contributed by atoms with Crippen LogP contribution in [0.1, 0.15) is 59.7 Å². The summed E-state index contributed by atoms with van der Waals surface area (Å²) in [4.78, 5) is 17.0. The monoisotopic (exact) mass is 588 g/mol. The summed E-state index contributed by atoms with van der Waals surface area (Å²) in [6.45, 7) is 0.293. The molecule has 38 heavy (non-hydrogen) atoms. The molecule has 1 unspecified atom stereocenters. The summed E-state index contributed by atoms with van der Waals surface area (Å²) < 4.78 is 28.7. The van der Waals surface area contributed by atoms with Gasteiger partial charge >= 0.3 is 0 Å². The highest BCUT2D eigenvalue weighted by Gasteiger charge is 2.38. The van der Waals surface area contributed by atoms with Gasteiger partial charge in [-0.05, 0) is 65.6 Å². The van der Waals surface area contributed by atoms with Crippen LogP contribution in [0.25, 0.3) is 6.08 Å². The minimum atomic E-state index is -3.84. The predicted molar refractivity (Wildman–Crippen MR) is 156 cm³/mol. The molecule has 2 heterocycles. The molecular formula is C29H30Cl2N2O3S2. The van der Waals surface area contributed by atoms with Crippen molar-refractivity contribution in [3.8, 4) is 0 Å². The second kappa shape index (κ2) is 11.9. The van der Waals surface area contributed by atoms with E-state index in [9.17, 15) is 13.2 Å². The summed E-state index contributed by atoms with van der Waals surface area (Å²) in [6, 6.07) is 16.1. The number of hydrogen-bond donors (Lipinski definition) is 0. The minimum Gasteiger partial charge on any atom is -0.330 e. The number of carbonyl (C=O) groups is 1. The molecule has 1 aromatic heterocycles. The zero-order valence-electron chi connectivity index (χ0n) is 20.9. The number of hydrogen-bond acceptors (Lipinski definition) is 4. The Balaban J connectivity index is 1.46. The van der Waals surface area contributed by atoms with E-state index in [1.54, 1.807) is 34.4 Å². The van der Waals surface area contributed by atoms with Crippen LogP contribution in [-0.4, -0.2) is 42.7 Å². The van der Waals surface area contributed by atoms with Crippen molar-refractivity contribution in [2.75, 3.05) is 13.1 Å². The summed E-state index contributed by atoms with van der Waals surface area (Å²) in [5.74, 6) is -0.222. The lowest BCUT2D eigenvalue weighted by molar-refractivity contribution is -0.133. The summed E-state index contributed by atoms with van der Waals surface area (Å²) >= 11 is 14.5. The molecule has 1 amide bonds. The van der Waals surface area contributed by atoms with Crippen LogP contribution < -0.4 is 0 Å². The van der Waals surface area contributed by atoms with Gasteiger partial charge in [-0.1, -0.05) is 78.9 Å². The van der Waals surface area contributed by atoms with Crippen molar-refractivity contribution in [3.05, 3.63) is 97.0 Å². The molecule has 2 aromatic carbocycles. The van der Waals surface area contributed by atoms with E-state index in [1.807, 2.05) is 47.8 Å². The zero-order valence-corrected chi connectivity index (χ0v) is 24.1. The van der Waals surface area contributed by atoms with E-state index in [4.69, 9.17) is 23.2 Å². The Hall–Kier alpha value is -2.16. The van der Waals surface area contributed by atoms with Gasteiger partial charge in [-0.25, -0.2) is 8.42 Å². The Labute approximate surface area is 238 Å². The smallest absolute Gasteiger partial charge is 0.238 e. The molecule has 3 aromatic rings. The number of fused-ring (bicyclic) bond motifs is 1. The molecule has 1 aliphatic heterocycles. The fourth-order valence-electron chi connectivity index (χ4n) is 5.47. The fraction of sp³-hybridized carbons (Fsp3) is 0.345. The number of benzene rings is 2. The molecule has 5 rings (SSSR count). The Morgan fingerprint density at radius 1 is 1.03 bits per heavy atom. The van der Waals surface area contributed by atoms with Crippen LogP contribution in [0.5, 0.6) is 0 Å². The fourth-order valence-corrected chi connectivity index (χ4v) is 8.29. The van der Waals surface area contributed by atoms with Crippen molar-refractivity contribution in [3.63, 3.8) is 0 Å². The first-order valence-electron chi connectivity index (χ1n) is 12.9. The first kappa shape index (κ1) is 27.4. The lowest BCUT2D eigenvalue weighted by Gasteiger charge is -2.39. The molecule has 1 saturated carbocycles. The molecule has 5 nitrogen and oxygen atoms in total. The van der Waals surface area contributed by atoms with Crippen LogP contribution >= 0.6 is 34.5 Å². The summed E-state index contributed by atoms with van der Waals surface area (Å²) in [7, 11) is -3.84. The Kier molecular flexibility index (Phi) is 8.60. The number of amides is 1. The van der Waals surface area contributed by atoms with E-state index in [0.29, 0.717) is 16.6 Å². The van der Waals surface area contributed by atoms with Crippen molar-refractivity contribution in [2.24, 2.45) is 0 Å². The Morgan fingerprint density at radius 2 is 1.79 bits per heavy atom. The maximum Gasteiger partial charge on any atom is 0.238 e. The lowest BCUT2D eigenvalue weighted by Crippen LogP contribution is -2.49. The molecule has 9 heteroatoms. The SMILES string of the molecule is O=C(CN(C1CCCCC1)S(=O)(=O)/C=C/c1ccccc1)N1CCc2sccc2C1c1ccc(Cl)cc1Cl. The second-order valence-electron chi connectivity index (χ2n) is 9.80. The van der Waals surface area contributed by atoms with Gasteiger partial charge in [-0.2, -0.15) is 4.31 Å². The second-order valence-corrected chi connectivity index (χ2v) is 13.4. The zero-order chi connectivity index (χ0) is 26.7. The first-order chi connectivity index (χ1) is 18.3. The van der Waals surface area contributed by atoms with Gasteiger partial charge in [0.1, 0.15) is 0 Å². The van der Waals surface area contributed by atoms with E-state index in [1.165, 1.54) is 14.6 Å². The molecule has 1 fully saturated rings. The van der Waals surface area contributed by atoms with E-state index in [2.05, 4.69) is 0 Å². The highest BCUT2D eigenvalue weighted by molar-refractivity contribution is 7.92. The number of nitrogens with zero attached hydrogens (tertiary/aromatic N) is 2. The Bertz CT molecular complexity index is 1420. The van der Waals surface area contributed by atoms with E-state index in [-0.39, 0.29) is 18.5 Å². The predicted octanol–water partition coefficient (Wildman–Crippen LogP) is 7.16. The number of halogens is 2. The summed E-state index contributed by atoms with van der Waals surface area (Å²) in [6.07, 6.45) is 6.84. The van der Waals surface area contributed by atoms with Gasteiger partial charge in [0.25, 0.3) is 0 Å². The maximum atomic E-state index is 14.0. The van der Waals surface area contributed by atoms with Crippen LogP contribution in [0.2, 0.25) is 10.0 Å². The molecule has 0 saturated heterocycles. The highest BCUT2D eigenvalue weighted by Crippen LogP contribution is 2.41. The van der Waals surface area contributed by atoms with E-state index in [0.717, 1.165) is 55.2 Å². The highest BCUT2D eigenvalue weighted by atomic mass is 35.5. The maximum absolute atomic E-state index is 14.0. The molecule has 0 N–H and O–H groups in total. The van der Waals surface area contributed by atoms with Gasteiger partial charge < -0.3 is 4.90 Å². The van der Waals surface area contributed by atoms with Gasteiger partial charge in [0.05, 0.1) is 12.6 Å². The third-order valence-electron chi connectivity index (χ3n) is 7.38. The van der Waals surface area contributed by atoms with Crippen LogP contribution in [-0.2, 0) is 21.2 Å². The van der Waals surface area contributed by atoms with E-state index < -0.39 is 16.1 Å². The van der Waals surface area contributed by atoms with Gasteiger partial charge in [0.2, 0.25) is 15.9 Å². The molecule has 0 bridgehead atoms. The summed E-state index contributed by atoms with van der Waals surface area (Å²) in [5, 5.41) is 4.28. The molecule has 200 valence electrons. The third kappa shape index (κ3) is 6.02. The molecular weight excluding hydrogens is 559 g/mol. The molecule has 0 radical (unpaired) electrons. The molecule has 0 spiro atoms. The largest absolute Gasteiger partial charge is 0.330 e. The average molecular weight is 590 g/mol. The summed E-state index contributed by atoms with van der Waals surface area (Å²) in [5.41, 5.74) is 2.62. The number of carbonyl (C=O) groups excluding carboxylic acids is 1. The van der Waals surface area contributed by atoms with Gasteiger partial charge in [0.15, 0.2) is 0 Å². The van der Waals surface area contributed by atoms with Crippen molar-refractivity contribution >= 4 is 56.5 Å². The van der Waals surface area contributed by atoms with E-state index >= 15 is 0 Å². The number of sulfonamides is 1. The minimum absolute atomic E-state index is 0.197. The molecule has 2 aliphatic rings. The Morgan fingerprint density at radius 3 is 2.53 bits per heavy atom. The van der Waals surface area contributed by atoms with Gasteiger partial charge in [-0.3, -0.25) is 4.79 Å². The van der Waals surface area contributed by atoms with Gasteiger partial charge in [0, 0.05) is 32.9 Å².